The van der Waals surface area contributed by atoms with Crippen LogP contribution in [0.25, 0.3) is 0 Å². The van der Waals surface area contributed by atoms with Crippen molar-refractivity contribution in [2.75, 3.05) is 25.6 Å². The van der Waals surface area contributed by atoms with Crippen LogP contribution in [0.3, 0.4) is 0 Å². The Morgan fingerprint density at radius 1 is 0.853 bits per heavy atom. The van der Waals surface area contributed by atoms with Crippen LogP contribution >= 0.6 is 11.6 Å². The molecule has 0 aliphatic heterocycles. The molecule has 3 aromatic rings. The summed E-state index contributed by atoms with van der Waals surface area (Å²) >= 11 is 5.82. The van der Waals surface area contributed by atoms with E-state index in [0.717, 1.165) is 5.56 Å². The van der Waals surface area contributed by atoms with Crippen LogP contribution < -0.4 is 20.1 Å². The van der Waals surface area contributed by atoms with Gasteiger partial charge in [-0.15, -0.1) is 0 Å². The van der Waals surface area contributed by atoms with Gasteiger partial charge in [0.05, 0.1) is 12.7 Å². The molecule has 176 valence electrons. The number of anilines is 1. The summed E-state index contributed by atoms with van der Waals surface area (Å²) in [6, 6.07) is 20.0. The number of esters is 1. The molecule has 0 aromatic heterocycles. The molecule has 3 aromatic carbocycles. The predicted octanol–water partition coefficient (Wildman–Crippen LogP) is 3.84. The number of hydrogen-bond donors (Lipinski definition) is 2. The van der Waals surface area contributed by atoms with Crippen molar-refractivity contribution in [3.05, 3.63) is 88.9 Å². The van der Waals surface area contributed by atoms with E-state index in [1.54, 1.807) is 55.6 Å². The van der Waals surface area contributed by atoms with Gasteiger partial charge in [-0.05, 0) is 54.1 Å². The number of hydrogen-bond acceptors (Lipinski definition) is 6. The van der Waals surface area contributed by atoms with Gasteiger partial charge in [0, 0.05) is 23.3 Å². The van der Waals surface area contributed by atoms with E-state index in [0.29, 0.717) is 28.8 Å². The van der Waals surface area contributed by atoms with Crippen molar-refractivity contribution in [3.63, 3.8) is 0 Å². The number of halogens is 1. The lowest BCUT2D eigenvalue weighted by Crippen LogP contribution is -2.28. The van der Waals surface area contributed by atoms with Gasteiger partial charge in [0.25, 0.3) is 11.8 Å². The van der Waals surface area contributed by atoms with Gasteiger partial charge in [0.15, 0.2) is 13.2 Å². The van der Waals surface area contributed by atoms with Gasteiger partial charge in [0.1, 0.15) is 11.5 Å². The van der Waals surface area contributed by atoms with Gasteiger partial charge >= 0.3 is 5.97 Å². The number of methoxy groups -OCH3 is 1. The SMILES string of the molecule is COc1cccc(NC(=O)COc2ccc(C(=O)OCC(=O)NCc3ccc(Cl)cc3)cc2)c1. The molecule has 0 saturated carbocycles. The van der Waals surface area contributed by atoms with E-state index >= 15 is 0 Å². The van der Waals surface area contributed by atoms with E-state index in [1.807, 2.05) is 0 Å². The van der Waals surface area contributed by atoms with Crippen LogP contribution in [-0.2, 0) is 20.9 Å². The zero-order chi connectivity index (χ0) is 24.3. The topological polar surface area (TPSA) is 103 Å². The van der Waals surface area contributed by atoms with Gasteiger partial charge in [-0.2, -0.15) is 0 Å². The minimum Gasteiger partial charge on any atom is -0.497 e. The van der Waals surface area contributed by atoms with Gasteiger partial charge in [0.2, 0.25) is 0 Å². The molecular weight excluding hydrogens is 460 g/mol. The number of carbonyl (C=O) groups excluding carboxylic acids is 3. The fraction of sp³-hybridized carbons (Fsp3) is 0.160. The molecular formula is C25H23ClN2O6. The maximum absolute atomic E-state index is 12.2. The Balaban J connectivity index is 1.39. The summed E-state index contributed by atoms with van der Waals surface area (Å²) in [6.07, 6.45) is 0. The molecule has 0 heterocycles. The van der Waals surface area contributed by atoms with Crippen LogP contribution in [0, 0.1) is 0 Å². The summed E-state index contributed by atoms with van der Waals surface area (Å²) < 4.78 is 15.6. The van der Waals surface area contributed by atoms with Crippen molar-refractivity contribution in [3.8, 4) is 11.5 Å². The van der Waals surface area contributed by atoms with E-state index in [-0.39, 0.29) is 18.1 Å². The molecule has 3 rings (SSSR count). The third kappa shape index (κ3) is 7.83. The van der Waals surface area contributed by atoms with E-state index in [9.17, 15) is 14.4 Å². The highest BCUT2D eigenvalue weighted by Crippen LogP contribution is 2.17. The highest BCUT2D eigenvalue weighted by Gasteiger charge is 2.11. The molecule has 2 amide bonds. The molecule has 34 heavy (non-hydrogen) atoms. The third-order valence-corrected chi connectivity index (χ3v) is 4.80. The Kier molecular flexibility index (Phi) is 8.88. The van der Waals surface area contributed by atoms with Crippen molar-refractivity contribution in [2.24, 2.45) is 0 Å². The smallest absolute Gasteiger partial charge is 0.338 e. The van der Waals surface area contributed by atoms with E-state index in [2.05, 4.69) is 10.6 Å². The monoisotopic (exact) mass is 482 g/mol. The van der Waals surface area contributed by atoms with Crippen LogP contribution in [-0.4, -0.2) is 38.1 Å². The first-order valence-corrected chi connectivity index (χ1v) is 10.7. The molecule has 9 heteroatoms. The average molecular weight is 483 g/mol. The second-order valence-electron chi connectivity index (χ2n) is 7.07. The van der Waals surface area contributed by atoms with E-state index in [4.69, 9.17) is 25.8 Å². The maximum Gasteiger partial charge on any atom is 0.338 e. The number of rotatable bonds is 10. The Morgan fingerprint density at radius 2 is 1.59 bits per heavy atom. The Morgan fingerprint density at radius 3 is 2.29 bits per heavy atom. The van der Waals surface area contributed by atoms with Crippen molar-refractivity contribution in [1.82, 2.24) is 5.32 Å². The number of carbonyl (C=O) groups is 3. The predicted molar refractivity (Wildman–Crippen MR) is 127 cm³/mol. The first-order valence-electron chi connectivity index (χ1n) is 10.3. The number of amides is 2. The zero-order valence-electron chi connectivity index (χ0n) is 18.4. The van der Waals surface area contributed by atoms with Crippen LogP contribution in [0.4, 0.5) is 5.69 Å². The van der Waals surface area contributed by atoms with Gasteiger partial charge < -0.3 is 24.8 Å². The van der Waals surface area contributed by atoms with Crippen LogP contribution in [0.2, 0.25) is 5.02 Å². The second-order valence-corrected chi connectivity index (χ2v) is 7.51. The second kappa shape index (κ2) is 12.3. The van der Waals surface area contributed by atoms with Crippen LogP contribution in [0.1, 0.15) is 15.9 Å². The van der Waals surface area contributed by atoms with Crippen LogP contribution in [0.5, 0.6) is 11.5 Å². The largest absolute Gasteiger partial charge is 0.497 e. The molecule has 0 fully saturated rings. The normalized spacial score (nSPS) is 10.2. The maximum atomic E-state index is 12.2. The standard InChI is InChI=1S/C25H23ClN2O6/c1-32-22-4-2-3-20(13-22)28-24(30)16-33-21-11-7-18(8-12-21)25(31)34-15-23(29)27-14-17-5-9-19(26)10-6-17/h2-13H,14-16H2,1H3,(H,27,29)(H,28,30). The minimum absolute atomic E-state index is 0.213. The zero-order valence-corrected chi connectivity index (χ0v) is 19.1. The number of nitrogens with one attached hydrogen (secondary N) is 2. The summed E-state index contributed by atoms with van der Waals surface area (Å²) in [5.41, 5.74) is 1.71. The lowest BCUT2D eigenvalue weighted by molar-refractivity contribution is -0.124. The summed E-state index contributed by atoms with van der Waals surface area (Å²) in [5.74, 6) is -0.395. The van der Waals surface area contributed by atoms with Crippen molar-refractivity contribution >= 4 is 35.1 Å². The Bertz CT molecular complexity index is 1130. The molecule has 8 nitrogen and oxygen atoms in total. The first-order chi connectivity index (χ1) is 16.4. The van der Waals surface area contributed by atoms with Crippen molar-refractivity contribution in [2.45, 2.75) is 6.54 Å². The van der Waals surface area contributed by atoms with Crippen molar-refractivity contribution in [1.29, 1.82) is 0 Å². The number of ether oxygens (including phenoxy) is 3. The highest BCUT2D eigenvalue weighted by atomic mass is 35.5. The molecule has 0 aliphatic rings. The molecule has 0 saturated heterocycles. The lowest BCUT2D eigenvalue weighted by atomic mass is 10.2. The first kappa shape index (κ1) is 24.6. The quantitative estimate of drug-likeness (QED) is 0.426. The van der Waals surface area contributed by atoms with Gasteiger partial charge in [-0.25, -0.2) is 4.79 Å². The molecule has 0 bridgehead atoms. The molecule has 0 atom stereocenters. The molecule has 0 radical (unpaired) electrons. The fourth-order valence-corrected chi connectivity index (χ4v) is 2.93. The van der Waals surface area contributed by atoms with Crippen molar-refractivity contribution < 1.29 is 28.6 Å². The fourth-order valence-electron chi connectivity index (χ4n) is 2.80. The summed E-state index contributed by atoms with van der Waals surface area (Å²) in [6.45, 7) is -0.325. The molecule has 0 aliphatic carbocycles. The summed E-state index contributed by atoms with van der Waals surface area (Å²) in [4.78, 5) is 36.1. The molecule has 0 spiro atoms. The Labute approximate surface area is 201 Å². The lowest BCUT2D eigenvalue weighted by Gasteiger charge is -2.09. The molecule has 0 unspecified atom stereocenters. The third-order valence-electron chi connectivity index (χ3n) is 4.55. The van der Waals surface area contributed by atoms with Gasteiger partial charge in [-0.3, -0.25) is 9.59 Å². The molecule has 2 N–H and O–H groups in total. The van der Waals surface area contributed by atoms with Crippen LogP contribution in [0.15, 0.2) is 72.8 Å². The summed E-state index contributed by atoms with van der Waals surface area (Å²) in [7, 11) is 1.54. The van der Waals surface area contributed by atoms with E-state index < -0.39 is 18.5 Å². The minimum atomic E-state index is -0.649. The Hall–Kier alpha value is -4.04. The number of benzene rings is 3. The highest BCUT2D eigenvalue weighted by molar-refractivity contribution is 6.30. The van der Waals surface area contributed by atoms with E-state index in [1.165, 1.54) is 24.3 Å². The average Bonchev–Trinajstić information content (AvgIpc) is 2.86. The van der Waals surface area contributed by atoms with Gasteiger partial charge in [-0.1, -0.05) is 29.8 Å². The summed E-state index contributed by atoms with van der Waals surface area (Å²) in [5, 5.41) is 5.97.